The number of hydrogen-bond donors (Lipinski definition) is 3. The molecule has 21 heavy (non-hydrogen) atoms. The van der Waals surface area contributed by atoms with Gasteiger partial charge >= 0.3 is 5.97 Å². The zero-order valence-corrected chi connectivity index (χ0v) is 11.3. The van der Waals surface area contributed by atoms with Gasteiger partial charge in [-0.25, -0.2) is 4.79 Å². The maximum atomic E-state index is 12.1. The molecule has 0 fully saturated rings. The number of carbonyl (C=O) groups is 2. The van der Waals surface area contributed by atoms with Gasteiger partial charge in [-0.1, -0.05) is 12.1 Å². The quantitative estimate of drug-likeness (QED) is 0.798. The average molecular weight is 286 g/mol. The Morgan fingerprint density at radius 3 is 2.67 bits per heavy atom. The second kappa shape index (κ2) is 6.04. The lowest BCUT2D eigenvalue weighted by molar-refractivity contribution is 0.0689. The van der Waals surface area contributed by atoms with Gasteiger partial charge in [0.25, 0.3) is 5.91 Å². The third-order valence-electron chi connectivity index (χ3n) is 2.97. The number of rotatable bonds is 4. The summed E-state index contributed by atoms with van der Waals surface area (Å²) in [5.41, 5.74) is 0.409. The second-order valence-electron chi connectivity index (χ2n) is 4.49. The minimum Gasteiger partial charge on any atom is -0.508 e. The molecule has 1 heterocycles. The minimum absolute atomic E-state index is 0.0951. The van der Waals surface area contributed by atoms with Crippen LogP contribution in [0.3, 0.4) is 0 Å². The number of hydrogen-bond acceptors (Lipinski definition) is 4. The molecule has 1 aromatic carbocycles. The van der Waals surface area contributed by atoms with Gasteiger partial charge in [0.1, 0.15) is 11.4 Å². The van der Waals surface area contributed by atoms with Crippen LogP contribution in [0.25, 0.3) is 0 Å². The van der Waals surface area contributed by atoms with E-state index in [-0.39, 0.29) is 17.0 Å². The molecule has 3 N–H and O–H groups in total. The zero-order valence-electron chi connectivity index (χ0n) is 11.3. The standard InChI is InChI=1S/C15H14N2O4/c1-9(10-4-2-5-11(18)8-10)17-14(19)13-12(15(20)21)6-3-7-16-13/h2-9,18H,1H3,(H,17,19)(H,20,21). The monoisotopic (exact) mass is 286 g/mol. The Balaban J connectivity index is 2.20. The van der Waals surface area contributed by atoms with Gasteiger partial charge in [-0.05, 0) is 36.8 Å². The molecule has 1 aromatic heterocycles. The molecule has 0 radical (unpaired) electrons. The summed E-state index contributed by atoms with van der Waals surface area (Å²) < 4.78 is 0. The summed E-state index contributed by atoms with van der Waals surface area (Å²) in [6.07, 6.45) is 1.36. The first-order valence-corrected chi connectivity index (χ1v) is 6.27. The first-order chi connectivity index (χ1) is 9.99. The summed E-state index contributed by atoms with van der Waals surface area (Å²) in [4.78, 5) is 27.0. The van der Waals surface area contributed by atoms with Gasteiger partial charge in [0.05, 0.1) is 11.6 Å². The number of aromatic carboxylic acids is 1. The van der Waals surface area contributed by atoms with E-state index in [4.69, 9.17) is 5.11 Å². The molecule has 6 heteroatoms. The Morgan fingerprint density at radius 1 is 1.24 bits per heavy atom. The zero-order chi connectivity index (χ0) is 15.4. The van der Waals surface area contributed by atoms with Crippen molar-refractivity contribution in [3.05, 3.63) is 59.4 Å². The second-order valence-corrected chi connectivity index (χ2v) is 4.49. The van der Waals surface area contributed by atoms with Crippen LogP contribution in [0.2, 0.25) is 0 Å². The molecule has 108 valence electrons. The molecule has 0 saturated carbocycles. The predicted molar refractivity (Wildman–Crippen MR) is 75.2 cm³/mol. The maximum absolute atomic E-state index is 12.1. The van der Waals surface area contributed by atoms with E-state index in [1.54, 1.807) is 19.1 Å². The van der Waals surface area contributed by atoms with Crippen LogP contribution in [0.15, 0.2) is 42.6 Å². The van der Waals surface area contributed by atoms with Crippen LogP contribution in [-0.2, 0) is 0 Å². The van der Waals surface area contributed by atoms with Crippen molar-refractivity contribution in [1.29, 1.82) is 0 Å². The van der Waals surface area contributed by atoms with Crippen molar-refractivity contribution in [3.63, 3.8) is 0 Å². The molecule has 2 rings (SSSR count). The Bertz CT molecular complexity index is 685. The van der Waals surface area contributed by atoms with Crippen LogP contribution in [-0.4, -0.2) is 27.1 Å². The third kappa shape index (κ3) is 3.36. The average Bonchev–Trinajstić information content (AvgIpc) is 2.47. The van der Waals surface area contributed by atoms with Gasteiger partial charge in [-0.3, -0.25) is 9.78 Å². The van der Waals surface area contributed by atoms with Crippen molar-refractivity contribution in [2.75, 3.05) is 0 Å². The van der Waals surface area contributed by atoms with Crippen molar-refractivity contribution in [3.8, 4) is 5.75 Å². The van der Waals surface area contributed by atoms with Gasteiger partial charge < -0.3 is 15.5 Å². The number of carbonyl (C=O) groups excluding carboxylic acids is 1. The fourth-order valence-electron chi connectivity index (χ4n) is 1.90. The highest BCUT2D eigenvalue weighted by atomic mass is 16.4. The van der Waals surface area contributed by atoms with E-state index in [1.165, 1.54) is 30.5 Å². The predicted octanol–water partition coefficient (Wildman–Crippen LogP) is 1.98. The molecular formula is C15H14N2O4. The number of aromatic nitrogens is 1. The number of carboxylic acid groups (broad SMARTS) is 1. The van der Waals surface area contributed by atoms with E-state index in [0.29, 0.717) is 5.56 Å². The fraction of sp³-hybridized carbons (Fsp3) is 0.133. The molecule has 0 aliphatic heterocycles. The smallest absolute Gasteiger partial charge is 0.338 e. The van der Waals surface area contributed by atoms with Crippen LogP contribution < -0.4 is 5.32 Å². The molecule has 1 atom stereocenters. The van der Waals surface area contributed by atoms with E-state index in [9.17, 15) is 14.7 Å². The number of pyridine rings is 1. The summed E-state index contributed by atoms with van der Waals surface area (Å²) in [7, 11) is 0. The molecule has 0 aliphatic rings. The van der Waals surface area contributed by atoms with Crippen molar-refractivity contribution < 1.29 is 19.8 Å². The van der Waals surface area contributed by atoms with Gasteiger partial charge in [-0.2, -0.15) is 0 Å². The summed E-state index contributed by atoms with van der Waals surface area (Å²) in [5.74, 6) is -1.69. The van der Waals surface area contributed by atoms with E-state index in [2.05, 4.69) is 10.3 Å². The number of carboxylic acids is 1. The van der Waals surface area contributed by atoms with Gasteiger partial charge in [0, 0.05) is 6.20 Å². The molecule has 6 nitrogen and oxygen atoms in total. The van der Waals surface area contributed by atoms with E-state index < -0.39 is 17.9 Å². The molecule has 1 unspecified atom stereocenters. The highest BCUT2D eigenvalue weighted by molar-refractivity contribution is 6.03. The van der Waals surface area contributed by atoms with E-state index >= 15 is 0 Å². The Hall–Kier alpha value is -2.89. The minimum atomic E-state index is -1.21. The number of amides is 1. The van der Waals surface area contributed by atoms with Crippen LogP contribution >= 0.6 is 0 Å². The van der Waals surface area contributed by atoms with Gasteiger partial charge in [-0.15, -0.1) is 0 Å². The highest BCUT2D eigenvalue weighted by Crippen LogP contribution is 2.18. The number of phenolic OH excluding ortho intramolecular Hbond substituents is 1. The number of phenols is 1. The normalized spacial score (nSPS) is 11.7. The number of benzene rings is 1. The van der Waals surface area contributed by atoms with Crippen molar-refractivity contribution in [2.45, 2.75) is 13.0 Å². The van der Waals surface area contributed by atoms with Gasteiger partial charge in [0.2, 0.25) is 0 Å². The maximum Gasteiger partial charge on any atom is 0.338 e. The summed E-state index contributed by atoms with van der Waals surface area (Å²) >= 11 is 0. The highest BCUT2D eigenvalue weighted by Gasteiger charge is 2.19. The Morgan fingerprint density at radius 2 is 2.00 bits per heavy atom. The topological polar surface area (TPSA) is 99.5 Å². The lowest BCUT2D eigenvalue weighted by atomic mass is 10.1. The molecule has 2 aromatic rings. The molecule has 0 aliphatic carbocycles. The van der Waals surface area contributed by atoms with Crippen LogP contribution in [0.5, 0.6) is 5.75 Å². The fourth-order valence-corrected chi connectivity index (χ4v) is 1.90. The number of nitrogens with zero attached hydrogens (tertiary/aromatic N) is 1. The van der Waals surface area contributed by atoms with E-state index in [0.717, 1.165) is 0 Å². The first-order valence-electron chi connectivity index (χ1n) is 6.27. The third-order valence-corrected chi connectivity index (χ3v) is 2.97. The molecule has 0 spiro atoms. The lowest BCUT2D eigenvalue weighted by Gasteiger charge is -2.15. The Kier molecular flexibility index (Phi) is 4.18. The molecule has 1 amide bonds. The van der Waals surface area contributed by atoms with Gasteiger partial charge in [0.15, 0.2) is 0 Å². The van der Waals surface area contributed by atoms with Crippen LogP contribution in [0, 0.1) is 0 Å². The summed E-state index contributed by atoms with van der Waals surface area (Å²) in [5, 5.41) is 21.1. The number of aromatic hydroxyl groups is 1. The molecular weight excluding hydrogens is 272 g/mol. The van der Waals surface area contributed by atoms with E-state index in [1.807, 2.05) is 0 Å². The largest absolute Gasteiger partial charge is 0.508 e. The summed E-state index contributed by atoms with van der Waals surface area (Å²) in [6.45, 7) is 1.73. The Labute approximate surface area is 121 Å². The summed E-state index contributed by atoms with van der Waals surface area (Å²) in [6, 6.07) is 8.86. The SMILES string of the molecule is CC(NC(=O)c1ncccc1C(=O)O)c1cccc(O)c1. The van der Waals surface area contributed by atoms with Crippen LogP contribution in [0.4, 0.5) is 0 Å². The van der Waals surface area contributed by atoms with Crippen molar-refractivity contribution in [2.24, 2.45) is 0 Å². The first kappa shape index (κ1) is 14.5. The van der Waals surface area contributed by atoms with Crippen molar-refractivity contribution in [1.82, 2.24) is 10.3 Å². The van der Waals surface area contributed by atoms with Crippen molar-refractivity contribution >= 4 is 11.9 Å². The number of nitrogens with one attached hydrogen (secondary N) is 1. The molecule has 0 saturated heterocycles. The van der Waals surface area contributed by atoms with Crippen LogP contribution in [0.1, 0.15) is 39.4 Å². The lowest BCUT2D eigenvalue weighted by Crippen LogP contribution is -2.29. The molecule has 0 bridgehead atoms.